The lowest BCUT2D eigenvalue weighted by atomic mass is 9.81. The average Bonchev–Trinajstić information content (AvgIpc) is 2.41. The smallest absolute Gasteiger partial charge is 0.235 e. The first-order valence-corrected chi connectivity index (χ1v) is 6.51. The number of rotatable bonds is 3. The lowest BCUT2D eigenvalue weighted by Crippen LogP contribution is -2.52. The molecule has 1 aliphatic heterocycles. The SMILES string of the molecule is Cc1cccnc1CNC(=O)C1(C)CCCNC1=O. The molecular formula is C14H19N3O2. The molecule has 1 unspecified atom stereocenters. The van der Waals surface area contributed by atoms with Gasteiger partial charge in [-0.2, -0.15) is 0 Å². The highest BCUT2D eigenvalue weighted by molar-refractivity contribution is 6.05. The summed E-state index contributed by atoms with van der Waals surface area (Å²) in [4.78, 5) is 28.3. The first kappa shape index (κ1) is 13.5. The molecule has 0 spiro atoms. The van der Waals surface area contributed by atoms with Crippen molar-refractivity contribution < 1.29 is 9.59 Å². The van der Waals surface area contributed by atoms with Crippen molar-refractivity contribution >= 4 is 11.8 Å². The van der Waals surface area contributed by atoms with Gasteiger partial charge in [0, 0.05) is 12.7 Å². The Hall–Kier alpha value is -1.91. The van der Waals surface area contributed by atoms with E-state index in [-0.39, 0.29) is 11.8 Å². The molecule has 0 aliphatic carbocycles. The Morgan fingerprint density at radius 1 is 1.58 bits per heavy atom. The third kappa shape index (κ3) is 2.75. The number of hydrogen-bond acceptors (Lipinski definition) is 3. The molecule has 1 saturated heterocycles. The Morgan fingerprint density at radius 3 is 3.05 bits per heavy atom. The first-order chi connectivity index (χ1) is 9.04. The number of aromatic nitrogens is 1. The van der Waals surface area contributed by atoms with Crippen LogP contribution in [0, 0.1) is 12.3 Å². The highest BCUT2D eigenvalue weighted by atomic mass is 16.2. The van der Waals surface area contributed by atoms with Gasteiger partial charge in [0.15, 0.2) is 0 Å². The highest BCUT2D eigenvalue weighted by Gasteiger charge is 2.42. The van der Waals surface area contributed by atoms with Crippen LogP contribution in [0.15, 0.2) is 18.3 Å². The maximum absolute atomic E-state index is 12.2. The van der Waals surface area contributed by atoms with Crippen molar-refractivity contribution in [3.05, 3.63) is 29.6 Å². The molecule has 2 rings (SSSR count). The molecule has 102 valence electrons. The van der Waals surface area contributed by atoms with Crippen LogP contribution in [0.4, 0.5) is 0 Å². The fraction of sp³-hybridized carbons (Fsp3) is 0.500. The number of piperidine rings is 1. The first-order valence-electron chi connectivity index (χ1n) is 6.51. The molecule has 1 fully saturated rings. The molecule has 2 N–H and O–H groups in total. The van der Waals surface area contributed by atoms with Gasteiger partial charge in [-0.15, -0.1) is 0 Å². The molecule has 1 atom stereocenters. The number of nitrogens with zero attached hydrogens (tertiary/aromatic N) is 1. The number of hydrogen-bond donors (Lipinski definition) is 2. The molecule has 5 nitrogen and oxygen atoms in total. The Labute approximate surface area is 112 Å². The van der Waals surface area contributed by atoms with Gasteiger partial charge in [0.2, 0.25) is 11.8 Å². The maximum Gasteiger partial charge on any atom is 0.235 e. The molecule has 19 heavy (non-hydrogen) atoms. The van der Waals surface area contributed by atoms with Gasteiger partial charge in [-0.1, -0.05) is 6.07 Å². The van der Waals surface area contributed by atoms with Crippen LogP contribution < -0.4 is 10.6 Å². The second-order valence-corrected chi connectivity index (χ2v) is 5.14. The fourth-order valence-electron chi connectivity index (χ4n) is 2.23. The lowest BCUT2D eigenvalue weighted by Gasteiger charge is -2.31. The molecule has 5 heteroatoms. The zero-order valence-electron chi connectivity index (χ0n) is 11.3. The van der Waals surface area contributed by atoms with E-state index in [2.05, 4.69) is 15.6 Å². The maximum atomic E-state index is 12.2. The topological polar surface area (TPSA) is 71.1 Å². The zero-order chi connectivity index (χ0) is 13.9. The van der Waals surface area contributed by atoms with Crippen LogP contribution in [0.1, 0.15) is 31.0 Å². The summed E-state index contributed by atoms with van der Waals surface area (Å²) in [5, 5.41) is 5.57. The van der Waals surface area contributed by atoms with Crippen LogP contribution in [-0.4, -0.2) is 23.3 Å². The summed E-state index contributed by atoms with van der Waals surface area (Å²) in [6.07, 6.45) is 3.12. The van der Waals surface area contributed by atoms with Crippen molar-refractivity contribution in [2.24, 2.45) is 5.41 Å². The molecule has 0 radical (unpaired) electrons. The summed E-state index contributed by atoms with van der Waals surface area (Å²) in [6, 6.07) is 3.81. The van der Waals surface area contributed by atoms with Crippen molar-refractivity contribution in [1.29, 1.82) is 0 Å². The molecular weight excluding hydrogens is 242 g/mol. The molecule has 0 aromatic carbocycles. The van der Waals surface area contributed by atoms with Gasteiger partial charge in [-0.05, 0) is 38.3 Å². The van der Waals surface area contributed by atoms with Crippen molar-refractivity contribution in [3.63, 3.8) is 0 Å². The fourth-order valence-corrected chi connectivity index (χ4v) is 2.23. The van der Waals surface area contributed by atoms with E-state index >= 15 is 0 Å². The third-order valence-corrected chi connectivity index (χ3v) is 3.68. The van der Waals surface area contributed by atoms with Gasteiger partial charge in [0.05, 0.1) is 12.2 Å². The molecule has 1 aromatic heterocycles. The van der Waals surface area contributed by atoms with Crippen molar-refractivity contribution in [2.75, 3.05) is 6.54 Å². The molecule has 0 bridgehead atoms. The zero-order valence-corrected chi connectivity index (χ0v) is 11.3. The minimum Gasteiger partial charge on any atom is -0.355 e. The summed E-state index contributed by atoms with van der Waals surface area (Å²) in [7, 11) is 0. The van der Waals surface area contributed by atoms with Gasteiger partial charge in [0.25, 0.3) is 0 Å². The Kier molecular flexibility index (Phi) is 3.83. The van der Waals surface area contributed by atoms with Crippen molar-refractivity contribution in [2.45, 2.75) is 33.2 Å². The normalized spacial score (nSPS) is 22.7. The quantitative estimate of drug-likeness (QED) is 0.795. The third-order valence-electron chi connectivity index (χ3n) is 3.68. The second kappa shape index (κ2) is 5.38. The van der Waals surface area contributed by atoms with Crippen LogP contribution in [-0.2, 0) is 16.1 Å². The largest absolute Gasteiger partial charge is 0.355 e. The molecule has 1 aromatic rings. The minimum absolute atomic E-state index is 0.186. The van der Waals surface area contributed by atoms with Crippen LogP contribution in [0.25, 0.3) is 0 Å². The Bertz CT molecular complexity index is 501. The summed E-state index contributed by atoms with van der Waals surface area (Å²) in [5.41, 5.74) is 0.901. The van der Waals surface area contributed by atoms with E-state index in [0.29, 0.717) is 19.5 Å². The van der Waals surface area contributed by atoms with Gasteiger partial charge in [-0.3, -0.25) is 14.6 Å². The van der Waals surface area contributed by atoms with Crippen LogP contribution in [0.5, 0.6) is 0 Å². The predicted octanol–water partition coefficient (Wildman–Crippen LogP) is 0.923. The standard InChI is InChI=1S/C14H19N3O2/c1-10-5-3-7-15-11(10)9-17-13(19)14(2)6-4-8-16-12(14)18/h3,5,7H,4,6,8-9H2,1-2H3,(H,16,18)(H,17,19). The van der Waals surface area contributed by atoms with Crippen LogP contribution in [0.3, 0.4) is 0 Å². The second-order valence-electron chi connectivity index (χ2n) is 5.14. The highest BCUT2D eigenvalue weighted by Crippen LogP contribution is 2.26. The molecule has 1 aliphatic rings. The summed E-state index contributed by atoms with van der Waals surface area (Å²) in [5.74, 6) is -0.413. The molecule has 0 saturated carbocycles. The predicted molar refractivity (Wildman–Crippen MR) is 71.2 cm³/mol. The van der Waals surface area contributed by atoms with E-state index in [9.17, 15) is 9.59 Å². The van der Waals surface area contributed by atoms with Crippen molar-refractivity contribution in [3.8, 4) is 0 Å². The lowest BCUT2D eigenvalue weighted by molar-refractivity contribution is -0.144. The number of carbonyl (C=O) groups is 2. The Balaban J connectivity index is 2.01. The van der Waals surface area contributed by atoms with Gasteiger partial charge in [-0.25, -0.2) is 0 Å². The van der Waals surface area contributed by atoms with Crippen LogP contribution in [0.2, 0.25) is 0 Å². The van der Waals surface area contributed by atoms with E-state index in [4.69, 9.17) is 0 Å². The van der Waals surface area contributed by atoms with E-state index in [1.165, 1.54) is 0 Å². The van der Waals surface area contributed by atoms with E-state index < -0.39 is 5.41 Å². The van der Waals surface area contributed by atoms with E-state index in [1.54, 1.807) is 13.1 Å². The monoisotopic (exact) mass is 261 g/mol. The number of carbonyl (C=O) groups excluding carboxylic acids is 2. The molecule has 2 heterocycles. The minimum atomic E-state index is -0.957. The Morgan fingerprint density at radius 2 is 2.37 bits per heavy atom. The summed E-state index contributed by atoms with van der Waals surface area (Å²) < 4.78 is 0. The van der Waals surface area contributed by atoms with Gasteiger partial charge < -0.3 is 10.6 Å². The van der Waals surface area contributed by atoms with Gasteiger partial charge >= 0.3 is 0 Å². The van der Waals surface area contributed by atoms with E-state index in [0.717, 1.165) is 17.7 Å². The van der Waals surface area contributed by atoms with Crippen molar-refractivity contribution in [1.82, 2.24) is 15.6 Å². The average molecular weight is 261 g/mol. The number of pyridine rings is 1. The summed E-state index contributed by atoms with van der Waals surface area (Å²) >= 11 is 0. The van der Waals surface area contributed by atoms with Crippen LogP contribution >= 0.6 is 0 Å². The summed E-state index contributed by atoms with van der Waals surface area (Å²) in [6.45, 7) is 4.65. The molecule has 2 amide bonds. The number of amides is 2. The number of aryl methyl sites for hydroxylation is 1. The van der Waals surface area contributed by atoms with Gasteiger partial charge in [0.1, 0.15) is 5.41 Å². The van der Waals surface area contributed by atoms with E-state index in [1.807, 2.05) is 19.1 Å². The number of nitrogens with one attached hydrogen (secondary N) is 2.